The van der Waals surface area contributed by atoms with Crippen LogP contribution in [0.3, 0.4) is 0 Å². The topological polar surface area (TPSA) is 63.2 Å². The molecule has 0 saturated heterocycles. The number of carbonyl (C=O) groups excluding carboxylic acids is 1. The third kappa shape index (κ3) is 10.9. The Morgan fingerprint density at radius 1 is 0.818 bits per heavy atom. The Kier molecular flexibility index (Phi) is 12.4. The molecule has 6 heteroatoms. The summed E-state index contributed by atoms with van der Waals surface area (Å²) in [5, 5.41) is 0. The molecule has 2 aromatic rings. The highest BCUT2D eigenvalue weighted by molar-refractivity contribution is 5.72. The van der Waals surface area contributed by atoms with E-state index in [1.165, 1.54) is 7.11 Å². The fourth-order valence-corrected chi connectivity index (χ4v) is 2.89. The minimum absolute atomic E-state index is 0.172. The highest BCUT2D eigenvalue weighted by atomic mass is 16.7. The first-order valence-electron chi connectivity index (χ1n) is 11.2. The number of esters is 1. The van der Waals surface area contributed by atoms with Crippen LogP contribution in [-0.4, -0.2) is 39.9 Å². The number of unbranched alkanes of at least 4 members (excludes halogenated alkanes) is 1. The molecule has 0 atom stereocenters. The Balaban J connectivity index is 2.05. The fourth-order valence-electron chi connectivity index (χ4n) is 2.89. The molecule has 0 spiro atoms. The standard InChI is InChI=1S/C27H34O6/c1-4-30-20-32-25-17-24(18-26(19-25)33-21-31-5-2)15-14-23-12-9-11-22(16-23)10-7-6-8-13-27(28)29-3/h7,9-12,14-19H,4-6,8,13,20-21H2,1-3H3. The second-order valence-electron chi connectivity index (χ2n) is 7.12. The number of carbonyl (C=O) groups is 1. The van der Waals surface area contributed by atoms with E-state index in [2.05, 4.69) is 29.0 Å². The van der Waals surface area contributed by atoms with E-state index in [1.807, 2.05) is 56.3 Å². The molecule has 0 saturated carbocycles. The number of hydrogen-bond acceptors (Lipinski definition) is 6. The van der Waals surface area contributed by atoms with Gasteiger partial charge in [0.25, 0.3) is 0 Å². The Bertz CT molecular complexity index is 875. The van der Waals surface area contributed by atoms with Crippen LogP contribution in [0, 0.1) is 0 Å². The molecule has 0 N–H and O–H groups in total. The number of ether oxygens (including phenoxy) is 5. The van der Waals surface area contributed by atoms with Crippen LogP contribution in [-0.2, 0) is 19.0 Å². The molecule has 0 aliphatic heterocycles. The summed E-state index contributed by atoms with van der Waals surface area (Å²) in [5.74, 6) is 1.16. The average Bonchev–Trinajstić information content (AvgIpc) is 2.83. The van der Waals surface area contributed by atoms with Crippen LogP contribution in [0.1, 0.15) is 49.8 Å². The third-order valence-electron chi connectivity index (χ3n) is 4.60. The van der Waals surface area contributed by atoms with Gasteiger partial charge in [-0.1, -0.05) is 42.5 Å². The van der Waals surface area contributed by atoms with E-state index < -0.39 is 0 Å². The van der Waals surface area contributed by atoms with Gasteiger partial charge >= 0.3 is 5.97 Å². The van der Waals surface area contributed by atoms with E-state index in [0.29, 0.717) is 31.1 Å². The van der Waals surface area contributed by atoms with Crippen LogP contribution in [0.15, 0.2) is 48.5 Å². The van der Waals surface area contributed by atoms with Gasteiger partial charge in [0.15, 0.2) is 13.6 Å². The minimum atomic E-state index is -0.172. The average molecular weight is 455 g/mol. The van der Waals surface area contributed by atoms with Crippen molar-refractivity contribution in [2.24, 2.45) is 0 Å². The van der Waals surface area contributed by atoms with E-state index >= 15 is 0 Å². The van der Waals surface area contributed by atoms with Crippen molar-refractivity contribution in [3.05, 3.63) is 65.2 Å². The maximum Gasteiger partial charge on any atom is 0.305 e. The quantitative estimate of drug-likeness (QED) is 0.143. The van der Waals surface area contributed by atoms with Crippen molar-refractivity contribution >= 4 is 24.2 Å². The summed E-state index contributed by atoms with van der Waals surface area (Å²) in [6, 6.07) is 13.9. The molecule has 0 aliphatic rings. The van der Waals surface area contributed by atoms with Gasteiger partial charge in [0, 0.05) is 25.7 Å². The summed E-state index contributed by atoms with van der Waals surface area (Å²) >= 11 is 0. The molecule has 0 aromatic heterocycles. The first-order valence-corrected chi connectivity index (χ1v) is 11.2. The second kappa shape index (κ2) is 15.7. The number of hydrogen-bond donors (Lipinski definition) is 0. The largest absolute Gasteiger partial charge is 0.469 e. The van der Waals surface area contributed by atoms with Gasteiger partial charge < -0.3 is 23.7 Å². The van der Waals surface area contributed by atoms with Gasteiger partial charge in [0.05, 0.1) is 7.11 Å². The van der Waals surface area contributed by atoms with Gasteiger partial charge in [-0.15, -0.1) is 0 Å². The Morgan fingerprint density at radius 2 is 1.42 bits per heavy atom. The second-order valence-corrected chi connectivity index (χ2v) is 7.12. The maximum absolute atomic E-state index is 11.2. The third-order valence-corrected chi connectivity index (χ3v) is 4.60. The molecule has 6 nitrogen and oxygen atoms in total. The zero-order valence-electron chi connectivity index (χ0n) is 19.8. The molecule has 0 unspecified atom stereocenters. The van der Waals surface area contributed by atoms with E-state index in [-0.39, 0.29) is 19.6 Å². The lowest BCUT2D eigenvalue weighted by Crippen LogP contribution is -2.04. The lowest BCUT2D eigenvalue weighted by atomic mass is 10.1. The molecule has 33 heavy (non-hydrogen) atoms. The fraction of sp³-hybridized carbons (Fsp3) is 0.370. The lowest BCUT2D eigenvalue weighted by molar-refractivity contribution is -0.140. The molecule has 0 amide bonds. The molecule has 0 bridgehead atoms. The molecule has 178 valence electrons. The first kappa shape index (κ1) is 26.2. The van der Waals surface area contributed by atoms with E-state index in [9.17, 15) is 4.79 Å². The van der Waals surface area contributed by atoms with Crippen LogP contribution in [0.4, 0.5) is 0 Å². The van der Waals surface area contributed by atoms with Crippen LogP contribution in [0.5, 0.6) is 11.5 Å². The minimum Gasteiger partial charge on any atom is -0.469 e. The number of rotatable bonds is 15. The summed E-state index contributed by atoms with van der Waals surface area (Å²) in [4.78, 5) is 11.2. The Hall–Kier alpha value is -3.09. The van der Waals surface area contributed by atoms with Gasteiger partial charge in [-0.2, -0.15) is 0 Å². The zero-order chi connectivity index (χ0) is 23.7. The summed E-state index contributed by atoms with van der Waals surface area (Å²) in [5.41, 5.74) is 3.12. The van der Waals surface area contributed by atoms with Gasteiger partial charge in [-0.3, -0.25) is 4.79 Å². The van der Waals surface area contributed by atoms with Crippen molar-refractivity contribution in [2.75, 3.05) is 33.9 Å². The molecule has 2 rings (SSSR count). The lowest BCUT2D eigenvalue weighted by Gasteiger charge is -2.11. The van der Waals surface area contributed by atoms with Gasteiger partial charge in [0.2, 0.25) is 0 Å². The predicted octanol–water partition coefficient (Wildman–Crippen LogP) is 5.96. The van der Waals surface area contributed by atoms with Crippen LogP contribution < -0.4 is 9.47 Å². The van der Waals surface area contributed by atoms with E-state index in [0.717, 1.165) is 29.5 Å². The molecule has 2 aromatic carbocycles. The van der Waals surface area contributed by atoms with Gasteiger partial charge in [-0.25, -0.2) is 0 Å². The van der Waals surface area contributed by atoms with Crippen LogP contribution in [0.2, 0.25) is 0 Å². The maximum atomic E-state index is 11.2. The SMILES string of the molecule is CCOCOc1cc(C=Cc2cccc(C=CCCCC(=O)OC)c2)cc(OCOCC)c1. The van der Waals surface area contributed by atoms with Crippen LogP contribution >= 0.6 is 0 Å². The highest BCUT2D eigenvalue weighted by Crippen LogP contribution is 2.25. The number of benzene rings is 2. The van der Waals surface area contributed by atoms with Crippen molar-refractivity contribution in [3.8, 4) is 11.5 Å². The highest BCUT2D eigenvalue weighted by Gasteiger charge is 2.03. The van der Waals surface area contributed by atoms with Gasteiger partial charge in [0.1, 0.15) is 11.5 Å². The molecule has 0 radical (unpaired) electrons. The molecule has 0 heterocycles. The Morgan fingerprint density at radius 3 is 2.03 bits per heavy atom. The molecular formula is C27H34O6. The molecular weight excluding hydrogens is 420 g/mol. The first-order chi connectivity index (χ1) is 16.1. The summed E-state index contributed by atoms with van der Waals surface area (Å²) < 4.78 is 26.6. The van der Waals surface area contributed by atoms with Crippen molar-refractivity contribution < 1.29 is 28.5 Å². The summed E-state index contributed by atoms with van der Waals surface area (Å²) in [7, 11) is 1.41. The normalized spacial score (nSPS) is 11.2. The van der Waals surface area contributed by atoms with Crippen molar-refractivity contribution in [2.45, 2.75) is 33.1 Å². The zero-order valence-corrected chi connectivity index (χ0v) is 19.8. The number of allylic oxidation sites excluding steroid dienone is 1. The predicted molar refractivity (Wildman–Crippen MR) is 131 cm³/mol. The molecule has 0 aliphatic carbocycles. The van der Waals surface area contributed by atoms with Crippen molar-refractivity contribution in [1.29, 1.82) is 0 Å². The van der Waals surface area contributed by atoms with Crippen molar-refractivity contribution in [3.63, 3.8) is 0 Å². The van der Waals surface area contributed by atoms with Crippen molar-refractivity contribution in [1.82, 2.24) is 0 Å². The van der Waals surface area contributed by atoms with E-state index in [1.54, 1.807) is 0 Å². The summed E-state index contributed by atoms with van der Waals surface area (Å²) in [6.45, 7) is 5.38. The number of methoxy groups -OCH3 is 1. The summed E-state index contributed by atoms with van der Waals surface area (Å²) in [6.07, 6.45) is 10.2. The monoisotopic (exact) mass is 454 g/mol. The van der Waals surface area contributed by atoms with E-state index in [4.69, 9.17) is 18.9 Å². The molecule has 0 fully saturated rings. The van der Waals surface area contributed by atoms with Gasteiger partial charge in [-0.05, 0) is 61.6 Å². The Labute approximate surface area is 196 Å². The smallest absolute Gasteiger partial charge is 0.305 e. The van der Waals surface area contributed by atoms with Crippen LogP contribution in [0.25, 0.3) is 18.2 Å².